The van der Waals surface area contributed by atoms with Gasteiger partial charge in [0.2, 0.25) is 5.91 Å². The number of nitrogens with zero attached hydrogens (tertiary/aromatic N) is 1. The average Bonchev–Trinajstić information content (AvgIpc) is 2.94. The molecule has 1 heterocycles. The third-order valence-corrected chi connectivity index (χ3v) is 3.41. The number of halogens is 1. The summed E-state index contributed by atoms with van der Waals surface area (Å²) in [6.07, 6.45) is 2.02. The molecule has 1 atom stereocenters. The molecule has 0 saturated carbocycles. The first-order chi connectivity index (χ1) is 9.22. The summed E-state index contributed by atoms with van der Waals surface area (Å²) in [6.45, 7) is 4.14. The molecule has 0 aliphatic carbocycles. The van der Waals surface area contributed by atoms with E-state index in [0.29, 0.717) is 13.2 Å². The van der Waals surface area contributed by atoms with Crippen molar-refractivity contribution in [1.29, 1.82) is 0 Å². The van der Waals surface area contributed by atoms with E-state index in [9.17, 15) is 4.79 Å². The number of nitrogens with one attached hydrogen (secondary N) is 1. The minimum Gasteiger partial charge on any atom is -0.494 e. The minimum atomic E-state index is -0.00995. The van der Waals surface area contributed by atoms with E-state index in [4.69, 9.17) is 4.74 Å². The first-order valence-electron chi connectivity index (χ1n) is 6.91. The number of carbonyl (C=O) groups excluding carboxylic acids is 1. The van der Waals surface area contributed by atoms with E-state index in [1.54, 1.807) is 4.90 Å². The standard InChI is InChI=1S/C15H22N2O2.ClH/c1-3-19-14-9-5-4-7-12(14)11-17(2)15(18)13-8-6-10-16-13;/h4-5,7,9,13,16H,3,6,8,10-11H2,1-2H3;1H/t13-;/m0./s1. The third-order valence-electron chi connectivity index (χ3n) is 3.41. The van der Waals surface area contributed by atoms with E-state index in [1.807, 2.05) is 38.2 Å². The Labute approximate surface area is 126 Å². The average molecular weight is 299 g/mol. The molecule has 0 unspecified atom stereocenters. The fourth-order valence-corrected chi connectivity index (χ4v) is 2.43. The molecule has 1 fully saturated rings. The van der Waals surface area contributed by atoms with Gasteiger partial charge in [0.05, 0.1) is 12.6 Å². The number of hydrogen-bond donors (Lipinski definition) is 1. The minimum absolute atomic E-state index is 0. The van der Waals surface area contributed by atoms with E-state index >= 15 is 0 Å². The fraction of sp³-hybridized carbons (Fsp3) is 0.533. The maximum atomic E-state index is 12.2. The highest BCUT2D eigenvalue weighted by molar-refractivity contribution is 5.85. The van der Waals surface area contributed by atoms with Crippen LogP contribution in [0, 0.1) is 0 Å². The second kappa shape index (κ2) is 8.12. The van der Waals surface area contributed by atoms with E-state index < -0.39 is 0 Å². The third kappa shape index (κ3) is 4.12. The van der Waals surface area contributed by atoms with Crippen LogP contribution in [-0.2, 0) is 11.3 Å². The number of likely N-dealkylation sites (N-methyl/N-ethyl adjacent to an activating group) is 1. The predicted molar refractivity (Wildman–Crippen MR) is 82.4 cm³/mol. The van der Waals surface area contributed by atoms with Crippen LogP contribution < -0.4 is 10.1 Å². The molecule has 1 N–H and O–H groups in total. The Hall–Kier alpha value is -1.26. The maximum Gasteiger partial charge on any atom is 0.239 e. The smallest absolute Gasteiger partial charge is 0.239 e. The number of para-hydroxylation sites is 1. The number of amides is 1. The van der Waals surface area contributed by atoms with Crippen LogP contribution in [0.25, 0.3) is 0 Å². The monoisotopic (exact) mass is 298 g/mol. The second-order valence-corrected chi connectivity index (χ2v) is 4.88. The number of benzene rings is 1. The first-order valence-corrected chi connectivity index (χ1v) is 6.91. The van der Waals surface area contributed by atoms with Gasteiger partial charge in [-0.1, -0.05) is 18.2 Å². The van der Waals surface area contributed by atoms with Gasteiger partial charge in [0.15, 0.2) is 0 Å². The maximum absolute atomic E-state index is 12.2. The molecule has 0 spiro atoms. The van der Waals surface area contributed by atoms with Crippen molar-refractivity contribution in [2.75, 3.05) is 20.2 Å². The lowest BCUT2D eigenvalue weighted by molar-refractivity contribution is -0.132. The van der Waals surface area contributed by atoms with Gasteiger partial charge in [-0.15, -0.1) is 12.4 Å². The molecule has 2 rings (SSSR count). The van der Waals surface area contributed by atoms with Gasteiger partial charge in [0, 0.05) is 19.2 Å². The van der Waals surface area contributed by atoms with Crippen molar-refractivity contribution < 1.29 is 9.53 Å². The highest BCUT2D eigenvalue weighted by Crippen LogP contribution is 2.20. The Kier molecular flexibility index (Phi) is 6.82. The summed E-state index contributed by atoms with van der Waals surface area (Å²) in [7, 11) is 1.85. The highest BCUT2D eigenvalue weighted by atomic mass is 35.5. The number of ether oxygens (including phenoxy) is 1. The largest absolute Gasteiger partial charge is 0.494 e. The van der Waals surface area contributed by atoms with Crippen molar-refractivity contribution in [3.8, 4) is 5.75 Å². The summed E-state index contributed by atoms with van der Waals surface area (Å²) in [4.78, 5) is 14.0. The quantitative estimate of drug-likeness (QED) is 0.906. The number of carbonyl (C=O) groups is 1. The van der Waals surface area contributed by atoms with Crippen molar-refractivity contribution in [3.63, 3.8) is 0 Å². The van der Waals surface area contributed by atoms with Gasteiger partial charge in [0.1, 0.15) is 5.75 Å². The molecule has 1 aliphatic rings. The van der Waals surface area contributed by atoms with Crippen LogP contribution in [-0.4, -0.2) is 37.0 Å². The van der Waals surface area contributed by atoms with Crippen LogP contribution in [0.1, 0.15) is 25.3 Å². The lowest BCUT2D eigenvalue weighted by Crippen LogP contribution is -2.41. The lowest BCUT2D eigenvalue weighted by atomic mass is 10.1. The SMILES string of the molecule is CCOc1ccccc1CN(C)C(=O)[C@@H]1CCCN1.Cl. The zero-order valence-electron chi connectivity index (χ0n) is 12.1. The number of hydrogen-bond acceptors (Lipinski definition) is 3. The van der Waals surface area contributed by atoms with Crippen molar-refractivity contribution in [3.05, 3.63) is 29.8 Å². The summed E-state index contributed by atoms with van der Waals surface area (Å²) in [5.41, 5.74) is 1.05. The van der Waals surface area contributed by atoms with Crippen LogP contribution in [0.2, 0.25) is 0 Å². The summed E-state index contributed by atoms with van der Waals surface area (Å²) in [6, 6.07) is 7.88. The molecule has 20 heavy (non-hydrogen) atoms. The molecule has 0 radical (unpaired) electrons. The van der Waals surface area contributed by atoms with Gasteiger partial charge in [-0.05, 0) is 32.4 Å². The van der Waals surface area contributed by atoms with Gasteiger partial charge in [0.25, 0.3) is 0 Å². The summed E-state index contributed by atoms with van der Waals surface area (Å²) in [5.74, 6) is 1.04. The normalized spacial score (nSPS) is 17.4. The Morgan fingerprint density at radius 1 is 1.45 bits per heavy atom. The molecule has 4 nitrogen and oxygen atoms in total. The molecule has 112 valence electrons. The molecular weight excluding hydrogens is 276 g/mol. The molecule has 1 amide bonds. The van der Waals surface area contributed by atoms with Gasteiger partial charge < -0.3 is 15.0 Å². The van der Waals surface area contributed by atoms with Crippen molar-refractivity contribution in [2.45, 2.75) is 32.4 Å². The van der Waals surface area contributed by atoms with E-state index in [2.05, 4.69) is 5.32 Å². The van der Waals surface area contributed by atoms with Crippen molar-refractivity contribution in [1.82, 2.24) is 10.2 Å². The lowest BCUT2D eigenvalue weighted by Gasteiger charge is -2.22. The Morgan fingerprint density at radius 3 is 2.85 bits per heavy atom. The molecule has 1 aromatic carbocycles. The van der Waals surface area contributed by atoms with E-state index in [0.717, 1.165) is 30.7 Å². The second-order valence-electron chi connectivity index (χ2n) is 4.88. The Balaban J connectivity index is 0.00000200. The van der Waals surface area contributed by atoms with Crippen LogP contribution >= 0.6 is 12.4 Å². The highest BCUT2D eigenvalue weighted by Gasteiger charge is 2.25. The zero-order valence-corrected chi connectivity index (χ0v) is 12.9. The molecule has 5 heteroatoms. The fourth-order valence-electron chi connectivity index (χ4n) is 2.43. The van der Waals surface area contributed by atoms with Crippen LogP contribution in [0.15, 0.2) is 24.3 Å². The first kappa shape index (κ1) is 16.8. The number of rotatable bonds is 5. The van der Waals surface area contributed by atoms with Crippen molar-refractivity contribution >= 4 is 18.3 Å². The van der Waals surface area contributed by atoms with E-state index in [1.165, 1.54) is 0 Å². The topological polar surface area (TPSA) is 41.6 Å². The molecule has 1 saturated heterocycles. The zero-order chi connectivity index (χ0) is 13.7. The van der Waals surface area contributed by atoms with Gasteiger partial charge in [-0.3, -0.25) is 4.79 Å². The summed E-state index contributed by atoms with van der Waals surface area (Å²) < 4.78 is 5.59. The molecule has 0 aromatic heterocycles. The molecule has 1 aliphatic heterocycles. The predicted octanol–water partition coefficient (Wildman–Crippen LogP) is 2.22. The molecule has 1 aromatic rings. The molecule has 0 bridgehead atoms. The van der Waals surface area contributed by atoms with Gasteiger partial charge >= 0.3 is 0 Å². The van der Waals surface area contributed by atoms with Crippen LogP contribution in [0.4, 0.5) is 0 Å². The Morgan fingerprint density at radius 2 is 2.20 bits per heavy atom. The van der Waals surface area contributed by atoms with Crippen molar-refractivity contribution in [2.24, 2.45) is 0 Å². The van der Waals surface area contributed by atoms with Crippen LogP contribution in [0.5, 0.6) is 5.75 Å². The Bertz CT molecular complexity index is 434. The van der Waals surface area contributed by atoms with Crippen LogP contribution in [0.3, 0.4) is 0 Å². The van der Waals surface area contributed by atoms with Gasteiger partial charge in [-0.2, -0.15) is 0 Å². The van der Waals surface area contributed by atoms with E-state index in [-0.39, 0.29) is 24.4 Å². The van der Waals surface area contributed by atoms with Gasteiger partial charge in [-0.25, -0.2) is 0 Å². The summed E-state index contributed by atoms with van der Waals surface area (Å²) in [5, 5.41) is 3.24. The molecular formula is C15H23ClN2O2. The summed E-state index contributed by atoms with van der Waals surface area (Å²) >= 11 is 0.